The molecule has 0 aliphatic carbocycles. The number of anilines is 2. The van der Waals surface area contributed by atoms with Gasteiger partial charge in [0.1, 0.15) is 6.61 Å². The third kappa shape index (κ3) is 6.12. The molecule has 0 aromatic carbocycles. The second-order valence-electron chi connectivity index (χ2n) is 4.99. The molecule has 0 amide bonds. The second-order valence-corrected chi connectivity index (χ2v) is 4.99. The molecule has 0 atom stereocenters. The van der Waals surface area contributed by atoms with E-state index in [-0.39, 0.29) is 0 Å². The number of nitrogens with zero attached hydrogens (tertiary/aromatic N) is 5. The molecule has 0 fully saturated rings. The van der Waals surface area contributed by atoms with Crippen LogP contribution in [0.15, 0.2) is 0 Å². The lowest BCUT2D eigenvalue weighted by Crippen LogP contribution is -2.26. The summed E-state index contributed by atoms with van der Waals surface area (Å²) in [6.07, 6.45) is 1.02. The Morgan fingerprint density at radius 1 is 1.05 bits per heavy atom. The summed E-state index contributed by atoms with van der Waals surface area (Å²) in [5.74, 6) is 1.24. The smallest absolute Gasteiger partial charge is 0.323 e. The van der Waals surface area contributed by atoms with Crippen LogP contribution in [-0.2, 0) is 0 Å². The first-order chi connectivity index (χ1) is 10.1. The van der Waals surface area contributed by atoms with Gasteiger partial charge in [0.2, 0.25) is 11.9 Å². The number of rotatable bonds is 10. The minimum atomic E-state index is 0.382. The Morgan fingerprint density at radius 2 is 1.76 bits per heavy atom. The maximum Gasteiger partial charge on any atom is 0.323 e. The van der Waals surface area contributed by atoms with Crippen LogP contribution in [0.2, 0.25) is 0 Å². The quantitative estimate of drug-likeness (QED) is 0.701. The van der Waals surface area contributed by atoms with Gasteiger partial charge in [0.25, 0.3) is 0 Å². The van der Waals surface area contributed by atoms with Crippen LogP contribution in [0.25, 0.3) is 0 Å². The summed E-state index contributed by atoms with van der Waals surface area (Å²) in [6, 6.07) is 0.382. The number of ether oxygens (including phenoxy) is 1. The van der Waals surface area contributed by atoms with Gasteiger partial charge < -0.3 is 19.9 Å². The highest BCUT2D eigenvalue weighted by Gasteiger charge is 2.11. The van der Waals surface area contributed by atoms with Crippen molar-refractivity contribution in [1.82, 2.24) is 19.9 Å². The molecule has 0 bridgehead atoms. The fraction of sp³-hybridized carbons (Fsp3) is 0.786. The van der Waals surface area contributed by atoms with Crippen LogP contribution in [0.5, 0.6) is 6.01 Å². The summed E-state index contributed by atoms with van der Waals surface area (Å²) in [4.78, 5) is 17.3. The fourth-order valence-corrected chi connectivity index (χ4v) is 1.69. The lowest BCUT2D eigenvalue weighted by Gasteiger charge is -2.19. The maximum atomic E-state index is 5.65. The Kier molecular flexibility index (Phi) is 7.74. The number of hydrogen-bond donors (Lipinski definition) is 1. The van der Waals surface area contributed by atoms with E-state index in [0.29, 0.717) is 24.5 Å². The Morgan fingerprint density at radius 3 is 2.33 bits per heavy atom. The first-order valence-electron chi connectivity index (χ1n) is 7.63. The van der Waals surface area contributed by atoms with Crippen molar-refractivity contribution in [2.45, 2.75) is 27.2 Å². The Hall–Kier alpha value is -1.63. The van der Waals surface area contributed by atoms with Gasteiger partial charge in [0.15, 0.2) is 0 Å². The molecule has 0 spiro atoms. The standard InChI is InChI=1S/C14H28N6O/c1-6-9-15-12-16-13(20(7-2)8-3)18-14(17-12)21-11-10-19(4)5/h6-11H2,1-5H3,(H,15,16,17,18). The molecule has 1 rings (SSSR count). The summed E-state index contributed by atoms with van der Waals surface area (Å²) >= 11 is 0. The van der Waals surface area contributed by atoms with Crippen LogP contribution in [0.3, 0.4) is 0 Å². The zero-order chi connectivity index (χ0) is 15.7. The van der Waals surface area contributed by atoms with E-state index < -0.39 is 0 Å². The van der Waals surface area contributed by atoms with Crippen LogP contribution in [0.4, 0.5) is 11.9 Å². The van der Waals surface area contributed by atoms with Gasteiger partial charge in [0, 0.05) is 26.2 Å². The molecule has 7 heteroatoms. The average Bonchev–Trinajstić information content (AvgIpc) is 2.46. The molecule has 0 saturated heterocycles. The molecule has 1 N–H and O–H groups in total. The van der Waals surface area contributed by atoms with Gasteiger partial charge in [0.05, 0.1) is 0 Å². The van der Waals surface area contributed by atoms with Crippen LogP contribution >= 0.6 is 0 Å². The van der Waals surface area contributed by atoms with E-state index in [4.69, 9.17) is 4.74 Å². The molecule has 0 saturated carbocycles. The van der Waals surface area contributed by atoms with Gasteiger partial charge in [-0.2, -0.15) is 15.0 Å². The Labute approximate surface area is 127 Å². The molecule has 0 aliphatic heterocycles. The van der Waals surface area contributed by atoms with Crippen molar-refractivity contribution in [2.24, 2.45) is 0 Å². The van der Waals surface area contributed by atoms with Crippen molar-refractivity contribution in [3.05, 3.63) is 0 Å². The highest BCUT2D eigenvalue weighted by Crippen LogP contribution is 2.15. The molecule has 0 unspecified atom stereocenters. The summed E-state index contributed by atoms with van der Waals surface area (Å²) < 4.78 is 5.65. The molecular weight excluding hydrogens is 268 g/mol. The topological polar surface area (TPSA) is 66.4 Å². The summed E-state index contributed by atoms with van der Waals surface area (Å²) in [6.45, 7) is 10.2. The number of aromatic nitrogens is 3. The molecular formula is C14H28N6O. The van der Waals surface area contributed by atoms with E-state index in [1.54, 1.807) is 0 Å². The van der Waals surface area contributed by atoms with Gasteiger partial charge in [-0.3, -0.25) is 0 Å². The molecule has 0 radical (unpaired) electrons. The van der Waals surface area contributed by atoms with E-state index in [1.165, 1.54) is 0 Å². The maximum absolute atomic E-state index is 5.65. The predicted molar refractivity (Wildman–Crippen MR) is 86.2 cm³/mol. The number of likely N-dealkylation sites (N-methyl/N-ethyl adjacent to an activating group) is 1. The first kappa shape index (κ1) is 17.4. The van der Waals surface area contributed by atoms with Gasteiger partial charge in [-0.15, -0.1) is 0 Å². The third-order valence-corrected chi connectivity index (χ3v) is 2.95. The van der Waals surface area contributed by atoms with E-state index in [1.807, 2.05) is 14.1 Å². The second kappa shape index (κ2) is 9.33. The SMILES string of the molecule is CCCNc1nc(OCCN(C)C)nc(N(CC)CC)n1. The van der Waals surface area contributed by atoms with Crippen LogP contribution in [0.1, 0.15) is 27.2 Å². The normalized spacial score (nSPS) is 10.8. The largest absolute Gasteiger partial charge is 0.462 e. The number of nitrogens with one attached hydrogen (secondary N) is 1. The van der Waals surface area contributed by atoms with Crippen molar-refractivity contribution in [2.75, 3.05) is 57.1 Å². The monoisotopic (exact) mass is 296 g/mol. The number of hydrogen-bond acceptors (Lipinski definition) is 7. The van der Waals surface area contributed by atoms with Crippen LogP contribution in [0, 0.1) is 0 Å². The van der Waals surface area contributed by atoms with E-state index in [0.717, 1.165) is 32.6 Å². The van der Waals surface area contributed by atoms with E-state index >= 15 is 0 Å². The molecule has 1 heterocycles. The fourth-order valence-electron chi connectivity index (χ4n) is 1.69. The Balaban J connectivity index is 2.86. The molecule has 1 aromatic rings. The third-order valence-electron chi connectivity index (χ3n) is 2.95. The lowest BCUT2D eigenvalue weighted by molar-refractivity contribution is 0.245. The van der Waals surface area contributed by atoms with Crippen molar-refractivity contribution in [1.29, 1.82) is 0 Å². The summed E-state index contributed by atoms with van der Waals surface area (Å²) in [5.41, 5.74) is 0. The summed E-state index contributed by atoms with van der Waals surface area (Å²) in [7, 11) is 4.01. The molecule has 1 aromatic heterocycles. The Bertz CT molecular complexity index is 408. The van der Waals surface area contributed by atoms with Crippen molar-refractivity contribution in [3.63, 3.8) is 0 Å². The zero-order valence-electron chi connectivity index (χ0n) is 13.9. The van der Waals surface area contributed by atoms with Gasteiger partial charge in [-0.05, 0) is 34.4 Å². The van der Waals surface area contributed by atoms with Crippen molar-refractivity contribution < 1.29 is 4.74 Å². The molecule has 0 aliphatic rings. The van der Waals surface area contributed by atoms with Crippen LogP contribution in [-0.4, -0.2) is 66.7 Å². The molecule has 21 heavy (non-hydrogen) atoms. The zero-order valence-corrected chi connectivity index (χ0v) is 13.9. The van der Waals surface area contributed by atoms with Gasteiger partial charge in [-0.25, -0.2) is 0 Å². The molecule has 7 nitrogen and oxygen atoms in total. The van der Waals surface area contributed by atoms with Crippen molar-refractivity contribution in [3.8, 4) is 6.01 Å². The predicted octanol–water partition coefficient (Wildman–Crippen LogP) is 1.48. The van der Waals surface area contributed by atoms with Crippen LogP contribution < -0.4 is 15.0 Å². The van der Waals surface area contributed by atoms with Gasteiger partial charge >= 0.3 is 6.01 Å². The summed E-state index contributed by atoms with van der Waals surface area (Å²) in [5, 5.41) is 3.20. The van der Waals surface area contributed by atoms with E-state index in [2.05, 4.69) is 50.8 Å². The lowest BCUT2D eigenvalue weighted by atomic mass is 10.5. The van der Waals surface area contributed by atoms with Gasteiger partial charge in [-0.1, -0.05) is 6.92 Å². The average molecular weight is 296 g/mol. The minimum Gasteiger partial charge on any atom is -0.462 e. The van der Waals surface area contributed by atoms with E-state index in [9.17, 15) is 0 Å². The highest BCUT2D eigenvalue weighted by molar-refractivity contribution is 5.38. The first-order valence-corrected chi connectivity index (χ1v) is 7.63. The van der Waals surface area contributed by atoms with Crippen molar-refractivity contribution >= 4 is 11.9 Å². The highest BCUT2D eigenvalue weighted by atomic mass is 16.5. The molecule has 120 valence electrons. The minimum absolute atomic E-state index is 0.382.